The molecule has 2 unspecified atom stereocenters. The van der Waals surface area contributed by atoms with Crippen molar-refractivity contribution in [2.75, 3.05) is 0 Å². The van der Waals surface area contributed by atoms with Crippen LogP contribution in [0.4, 0.5) is 0 Å². The van der Waals surface area contributed by atoms with Crippen molar-refractivity contribution in [3.05, 3.63) is 93.9 Å². The van der Waals surface area contributed by atoms with E-state index in [-0.39, 0.29) is 32.2 Å². The van der Waals surface area contributed by atoms with Crippen molar-refractivity contribution < 1.29 is 15.8 Å². The van der Waals surface area contributed by atoms with E-state index in [2.05, 4.69) is 90.2 Å². The van der Waals surface area contributed by atoms with Gasteiger partial charge in [0.2, 0.25) is 0 Å². The summed E-state index contributed by atoms with van der Waals surface area (Å²) in [6, 6.07) is 20.3. The Bertz CT molecular complexity index is 814. The zero-order chi connectivity index (χ0) is 15.7. The van der Waals surface area contributed by atoms with E-state index >= 15 is 0 Å². The van der Waals surface area contributed by atoms with E-state index in [4.69, 9.17) is 0 Å². The van der Waals surface area contributed by atoms with Crippen molar-refractivity contribution in [2.24, 2.45) is 0 Å². The van der Waals surface area contributed by atoms with E-state index < -0.39 is 15.8 Å². The van der Waals surface area contributed by atoms with Crippen LogP contribution in [0.25, 0.3) is 6.08 Å². The minimum atomic E-state index is -2.15. The van der Waals surface area contributed by atoms with Gasteiger partial charge in [-0.2, -0.15) is 0 Å². The molecule has 0 aromatic heterocycles. The molecule has 0 amide bonds. The molecular weight excluding hydrogens is 399 g/mol. The summed E-state index contributed by atoms with van der Waals surface area (Å²) in [5.41, 5.74) is 3.04. The summed E-state index contributed by atoms with van der Waals surface area (Å²) in [7, 11) is -0.264. The van der Waals surface area contributed by atoms with Crippen LogP contribution >= 0.6 is 24.8 Å². The van der Waals surface area contributed by atoms with Crippen LogP contribution < -0.4 is 5.19 Å². The van der Waals surface area contributed by atoms with Crippen molar-refractivity contribution in [1.82, 2.24) is 0 Å². The van der Waals surface area contributed by atoms with Gasteiger partial charge in [-0.1, -0.05) is 0 Å². The Hall–Kier alpha value is -0.829. The summed E-state index contributed by atoms with van der Waals surface area (Å²) < 4.78 is 2.50. The number of fused-ring (bicyclic) bond motifs is 1. The van der Waals surface area contributed by atoms with Gasteiger partial charge in [-0.25, -0.2) is 0 Å². The molecule has 0 saturated carbocycles. The summed E-state index contributed by atoms with van der Waals surface area (Å²) in [5, 5.41) is 4.33. The Labute approximate surface area is 168 Å². The molecule has 0 saturated heterocycles. The zero-order valence-corrected chi connectivity index (χ0v) is 19.0. The summed E-state index contributed by atoms with van der Waals surface area (Å²) in [4.78, 5) is 0. The second-order valence-corrected chi connectivity index (χ2v) is 22.2. The second kappa shape index (κ2) is 8.71. The van der Waals surface area contributed by atoms with Gasteiger partial charge in [0, 0.05) is 0 Å². The molecule has 0 nitrogen and oxygen atoms in total. The van der Waals surface area contributed by atoms with Crippen molar-refractivity contribution >= 4 is 43.5 Å². The van der Waals surface area contributed by atoms with Crippen molar-refractivity contribution in [3.8, 4) is 0 Å². The van der Waals surface area contributed by atoms with E-state index in [9.17, 15) is 0 Å². The van der Waals surface area contributed by atoms with Crippen molar-refractivity contribution in [2.45, 2.75) is 15.9 Å². The van der Waals surface area contributed by atoms with E-state index in [1.165, 1.54) is 12.0 Å². The predicted octanol–water partition coefficient (Wildman–Crippen LogP) is 5.05. The number of allylic oxidation sites excluding steroid dienone is 5. The summed E-state index contributed by atoms with van der Waals surface area (Å²) in [6.45, 7) is 0. The molecule has 0 spiro atoms. The van der Waals surface area contributed by atoms with E-state index in [0.29, 0.717) is 4.22 Å². The first-order chi connectivity index (χ1) is 11.3. The standard InChI is InChI=1S/C9H7.C6H7Si.C5H5.CH3.2ClH.Ti/c1-2-5-9-7-3-6-8(9)4-1;7-6-4-2-1-3-5-6;1-2-4-5-3-1;;;;/h1-7H;1-5H,7H2;1-3H,4H2;1H3;2*1H;. The van der Waals surface area contributed by atoms with Gasteiger partial charge in [-0.15, -0.1) is 24.8 Å². The fourth-order valence-corrected chi connectivity index (χ4v) is 20.2. The topological polar surface area (TPSA) is 0 Å². The molecule has 2 atom stereocenters. The number of hydrogen-bond donors (Lipinski definition) is 0. The van der Waals surface area contributed by atoms with Gasteiger partial charge in [-0.05, 0) is 0 Å². The summed E-state index contributed by atoms with van der Waals surface area (Å²) in [6.07, 6.45) is 13.2. The van der Waals surface area contributed by atoms with Crippen molar-refractivity contribution in [3.63, 3.8) is 0 Å². The van der Waals surface area contributed by atoms with Crippen LogP contribution in [0, 0.1) is 0 Å². The monoisotopic (exact) mass is 422 g/mol. The Morgan fingerprint density at radius 1 is 0.960 bits per heavy atom. The molecule has 130 valence electrons. The van der Waals surface area contributed by atoms with Gasteiger partial charge in [0.1, 0.15) is 0 Å². The first-order valence-electron chi connectivity index (χ1n) is 8.44. The third-order valence-electron chi connectivity index (χ3n) is 5.40. The fraction of sp³-hybridized carbons (Fsp3) is 0.143. The van der Waals surface area contributed by atoms with Gasteiger partial charge in [0.25, 0.3) is 0 Å². The van der Waals surface area contributed by atoms with Crippen molar-refractivity contribution in [1.29, 1.82) is 0 Å². The van der Waals surface area contributed by atoms with Crippen LogP contribution in [0.2, 0.25) is 5.23 Å². The van der Waals surface area contributed by atoms with E-state index in [1.807, 2.05) is 0 Å². The molecule has 0 radical (unpaired) electrons. The molecule has 0 fully saturated rings. The quantitative estimate of drug-likeness (QED) is 0.604. The van der Waals surface area contributed by atoms with Crippen LogP contribution in [0.1, 0.15) is 21.8 Å². The Kier molecular flexibility index (Phi) is 7.13. The van der Waals surface area contributed by atoms with Gasteiger partial charge in [-0.3, -0.25) is 0 Å². The molecule has 0 aliphatic heterocycles. The van der Waals surface area contributed by atoms with Gasteiger partial charge >= 0.3 is 144 Å². The average Bonchev–Trinajstić information content (AvgIpc) is 3.26. The molecule has 2 aromatic rings. The van der Waals surface area contributed by atoms with Gasteiger partial charge in [0.15, 0.2) is 0 Å². The third kappa shape index (κ3) is 3.97. The molecule has 25 heavy (non-hydrogen) atoms. The second-order valence-electron chi connectivity index (χ2n) is 6.87. The van der Waals surface area contributed by atoms with Gasteiger partial charge < -0.3 is 0 Å². The molecule has 2 aliphatic rings. The van der Waals surface area contributed by atoms with Crippen LogP contribution in [0.5, 0.6) is 0 Å². The molecule has 4 rings (SSSR count). The predicted molar refractivity (Wildman–Crippen MR) is 115 cm³/mol. The maximum absolute atomic E-state index is 2.69. The molecular formula is C21H24Cl2SiTi. The number of halogens is 2. The van der Waals surface area contributed by atoms with Crippen LogP contribution in [-0.2, 0) is 15.8 Å². The molecule has 0 N–H and O–H groups in total. The fourth-order valence-electron chi connectivity index (χ4n) is 4.12. The molecule has 0 heterocycles. The number of benzene rings is 2. The first kappa shape index (κ1) is 20.5. The minimum absolute atomic E-state index is 0. The Morgan fingerprint density at radius 2 is 1.68 bits per heavy atom. The number of rotatable bonds is 4. The summed E-state index contributed by atoms with van der Waals surface area (Å²) >= 11 is -2.15. The average molecular weight is 423 g/mol. The van der Waals surface area contributed by atoms with Gasteiger partial charge in [0.05, 0.1) is 0 Å². The SMILES string of the molecule is Cl.Cl.[CH3][Ti]([SiH2]c1ccccc1)([C]1=CC=CC1)[CH]1C=Cc2ccccc21. The molecule has 2 aliphatic carbocycles. The first-order valence-corrected chi connectivity index (χ1v) is 16.4. The van der Waals surface area contributed by atoms with Crippen LogP contribution in [-0.4, -0.2) is 7.39 Å². The van der Waals surface area contributed by atoms with E-state index in [0.717, 1.165) is 0 Å². The Morgan fingerprint density at radius 3 is 2.40 bits per heavy atom. The third-order valence-corrected chi connectivity index (χ3v) is 21.9. The molecule has 4 heteroatoms. The maximum atomic E-state index is 2.69. The molecule has 2 aromatic carbocycles. The Balaban J connectivity index is 0.00000113. The summed E-state index contributed by atoms with van der Waals surface area (Å²) in [5.74, 6) is 0. The van der Waals surface area contributed by atoms with Crippen LogP contribution in [0.15, 0.2) is 82.8 Å². The normalized spacial score (nSPS) is 19.9. The number of hydrogen-bond acceptors (Lipinski definition) is 0. The van der Waals surface area contributed by atoms with E-state index in [1.54, 1.807) is 14.6 Å². The van der Waals surface area contributed by atoms with Crippen LogP contribution in [0.3, 0.4) is 0 Å². The zero-order valence-electron chi connectivity index (χ0n) is 14.4. The molecule has 0 bridgehead atoms.